The second-order valence-corrected chi connectivity index (χ2v) is 7.70. The van der Waals surface area contributed by atoms with E-state index in [0.717, 1.165) is 0 Å². The molecule has 2 rings (SSSR count). The van der Waals surface area contributed by atoms with E-state index in [1.807, 2.05) is 0 Å². The molecule has 126 valence electrons. The summed E-state index contributed by atoms with van der Waals surface area (Å²) in [4.78, 5) is 12.1. The minimum Gasteiger partial charge on any atom is -0.349 e. The lowest BCUT2D eigenvalue weighted by molar-refractivity contribution is 0.0959. The molecule has 0 heterocycles. The molecule has 2 aromatic carbocycles. The standard InChI is InChI=1S/C16H14BrClN2O3S/c1-2-9-19-16(21)12-5-3-4-6-14(12)20-24(22,23)15-8-7-11(17)10-13(15)18/h2-8,10,20H,1,9H2,(H,19,21). The van der Waals surface area contributed by atoms with Crippen LogP contribution in [-0.4, -0.2) is 20.9 Å². The first kappa shape index (κ1) is 18.5. The Bertz CT molecular complexity index is 885. The van der Waals surface area contributed by atoms with Crippen LogP contribution in [0.15, 0.2) is 64.5 Å². The lowest BCUT2D eigenvalue weighted by atomic mass is 10.1. The van der Waals surface area contributed by atoms with Gasteiger partial charge in [0.2, 0.25) is 0 Å². The van der Waals surface area contributed by atoms with Crippen molar-refractivity contribution in [3.8, 4) is 0 Å². The van der Waals surface area contributed by atoms with Gasteiger partial charge in [-0.15, -0.1) is 6.58 Å². The second-order valence-electron chi connectivity index (χ2n) is 4.72. The smallest absolute Gasteiger partial charge is 0.263 e. The molecule has 0 saturated carbocycles. The zero-order valence-corrected chi connectivity index (χ0v) is 15.6. The van der Waals surface area contributed by atoms with Crippen LogP contribution in [0.1, 0.15) is 10.4 Å². The van der Waals surface area contributed by atoms with Gasteiger partial charge in [-0.05, 0) is 30.3 Å². The van der Waals surface area contributed by atoms with Crippen molar-refractivity contribution in [3.63, 3.8) is 0 Å². The first-order valence-corrected chi connectivity index (χ1v) is 9.46. The number of sulfonamides is 1. The van der Waals surface area contributed by atoms with Crippen molar-refractivity contribution < 1.29 is 13.2 Å². The summed E-state index contributed by atoms with van der Waals surface area (Å²) in [7, 11) is -3.94. The summed E-state index contributed by atoms with van der Waals surface area (Å²) in [5.41, 5.74) is 0.370. The van der Waals surface area contributed by atoms with Gasteiger partial charge in [-0.25, -0.2) is 8.42 Å². The molecule has 2 aromatic rings. The molecule has 0 aliphatic heterocycles. The number of rotatable bonds is 6. The zero-order valence-electron chi connectivity index (χ0n) is 12.4. The molecule has 0 saturated heterocycles. The Balaban J connectivity index is 2.36. The number of amides is 1. The number of anilines is 1. The van der Waals surface area contributed by atoms with E-state index in [2.05, 4.69) is 32.5 Å². The Morgan fingerprint density at radius 2 is 1.96 bits per heavy atom. The minimum atomic E-state index is -3.94. The molecule has 0 atom stereocenters. The van der Waals surface area contributed by atoms with E-state index in [-0.39, 0.29) is 27.7 Å². The molecule has 0 aliphatic carbocycles. The number of hydrogen-bond acceptors (Lipinski definition) is 3. The fraction of sp³-hybridized carbons (Fsp3) is 0.0625. The predicted molar refractivity (Wildman–Crippen MR) is 98.9 cm³/mol. The van der Waals surface area contributed by atoms with Gasteiger partial charge >= 0.3 is 0 Å². The maximum Gasteiger partial charge on any atom is 0.263 e. The van der Waals surface area contributed by atoms with E-state index >= 15 is 0 Å². The minimum absolute atomic E-state index is 0.0745. The van der Waals surface area contributed by atoms with E-state index in [9.17, 15) is 13.2 Å². The fourth-order valence-electron chi connectivity index (χ4n) is 1.92. The van der Waals surface area contributed by atoms with Gasteiger partial charge in [0.15, 0.2) is 0 Å². The highest BCUT2D eigenvalue weighted by Crippen LogP contribution is 2.27. The Hall–Kier alpha value is -1.83. The molecular weight excluding hydrogens is 416 g/mol. The molecule has 0 aliphatic rings. The summed E-state index contributed by atoms with van der Waals surface area (Å²) in [5, 5.41) is 2.68. The first-order valence-electron chi connectivity index (χ1n) is 6.81. The quantitative estimate of drug-likeness (QED) is 0.686. The van der Waals surface area contributed by atoms with Crippen LogP contribution in [0.4, 0.5) is 5.69 Å². The third kappa shape index (κ3) is 4.37. The number of halogens is 2. The number of carbonyl (C=O) groups excluding carboxylic acids is 1. The van der Waals surface area contributed by atoms with E-state index in [1.165, 1.54) is 30.3 Å². The Kier molecular flexibility index (Phi) is 6.04. The third-order valence-electron chi connectivity index (χ3n) is 3.01. The highest BCUT2D eigenvalue weighted by atomic mass is 79.9. The molecule has 24 heavy (non-hydrogen) atoms. The van der Waals surface area contributed by atoms with Gasteiger partial charge in [0, 0.05) is 11.0 Å². The zero-order chi connectivity index (χ0) is 17.7. The van der Waals surface area contributed by atoms with Crippen molar-refractivity contribution in [3.05, 3.63) is 70.2 Å². The number of para-hydroxylation sites is 1. The Morgan fingerprint density at radius 3 is 2.62 bits per heavy atom. The molecule has 5 nitrogen and oxygen atoms in total. The fourth-order valence-corrected chi connectivity index (χ4v) is 4.04. The predicted octanol–water partition coefficient (Wildman–Crippen LogP) is 3.82. The van der Waals surface area contributed by atoms with Crippen molar-refractivity contribution in [2.75, 3.05) is 11.3 Å². The van der Waals surface area contributed by atoms with E-state index in [0.29, 0.717) is 4.47 Å². The summed E-state index contributed by atoms with van der Waals surface area (Å²) in [6.07, 6.45) is 1.53. The van der Waals surface area contributed by atoms with Gasteiger partial charge in [0.25, 0.3) is 15.9 Å². The first-order chi connectivity index (χ1) is 11.3. The summed E-state index contributed by atoms with van der Waals surface area (Å²) >= 11 is 9.24. The average molecular weight is 430 g/mol. The van der Waals surface area contributed by atoms with Gasteiger partial charge in [-0.2, -0.15) is 0 Å². The molecule has 0 aromatic heterocycles. The lowest BCUT2D eigenvalue weighted by Crippen LogP contribution is -2.25. The van der Waals surface area contributed by atoms with Crippen LogP contribution in [0.3, 0.4) is 0 Å². The molecular formula is C16H14BrClN2O3S. The van der Waals surface area contributed by atoms with Crippen molar-refractivity contribution in [2.24, 2.45) is 0 Å². The molecule has 2 N–H and O–H groups in total. The van der Waals surface area contributed by atoms with Crippen LogP contribution < -0.4 is 10.0 Å². The maximum atomic E-state index is 12.6. The van der Waals surface area contributed by atoms with E-state index < -0.39 is 15.9 Å². The number of nitrogens with one attached hydrogen (secondary N) is 2. The van der Waals surface area contributed by atoms with Gasteiger partial charge in [-0.1, -0.05) is 45.7 Å². The molecule has 1 amide bonds. The Morgan fingerprint density at radius 1 is 1.25 bits per heavy atom. The van der Waals surface area contributed by atoms with Gasteiger partial charge < -0.3 is 5.32 Å². The monoisotopic (exact) mass is 428 g/mol. The molecule has 0 fully saturated rings. The molecule has 8 heteroatoms. The van der Waals surface area contributed by atoms with Crippen LogP contribution in [-0.2, 0) is 10.0 Å². The number of carbonyl (C=O) groups is 1. The van der Waals surface area contributed by atoms with Crippen molar-refractivity contribution in [2.45, 2.75) is 4.90 Å². The molecule has 0 radical (unpaired) electrons. The van der Waals surface area contributed by atoms with Crippen molar-refractivity contribution in [1.82, 2.24) is 5.32 Å². The summed E-state index contributed by atoms with van der Waals surface area (Å²) in [6.45, 7) is 3.80. The van der Waals surface area contributed by atoms with Crippen LogP contribution in [0.25, 0.3) is 0 Å². The van der Waals surface area contributed by atoms with Crippen LogP contribution in [0.5, 0.6) is 0 Å². The van der Waals surface area contributed by atoms with Crippen LogP contribution in [0, 0.1) is 0 Å². The number of hydrogen-bond donors (Lipinski definition) is 2. The molecule has 0 spiro atoms. The highest BCUT2D eigenvalue weighted by Gasteiger charge is 2.21. The topological polar surface area (TPSA) is 75.3 Å². The van der Waals surface area contributed by atoms with E-state index in [1.54, 1.807) is 18.2 Å². The molecule has 0 bridgehead atoms. The van der Waals surface area contributed by atoms with Crippen LogP contribution in [0.2, 0.25) is 5.02 Å². The van der Waals surface area contributed by atoms with Crippen molar-refractivity contribution >= 4 is 49.1 Å². The Labute approximate surface area is 153 Å². The lowest BCUT2D eigenvalue weighted by Gasteiger charge is -2.13. The van der Waals surface area contributed by atoms with E-state index in [4.69, 9.17) is 11.6 Å². The summed E-state index contributed by atoms with van der Waals surface area (Å²) < 4.78 is 28.2. The van der Waals surface area contributed by atoms with Crippen molar-refractivity contribution in [1.29, 1.82) is 0 Å². The van der Waals surface area contributed by atoms with Gasteiger partial charge in [0.1, 0.15) is 4.90 Å². The van der Waals surface area contributed by atoms with Gasteiger partial charge in [0.05, 0.1) is 16.3 Å². The molecule has 0 unspecified atom stereocenters. The summed E-state index contributed by atoms with van der Waals surface area (Å²) in [6, 6.07) is 10.8. The largest absolute Gasteiger partial charge is 0.349 e. The maximum absolute atomic E-state index is 12.6. The highest BCUT2D eigenvalue weighted by molar-refractivity contribution is 9.10. The third-order valence-corrected chi connectivity index (χ3v) is 5.35. The SMILES string of the molecule is C=CCNC(=O)c1ccccc1NS(=O)(=O)c1ccc(Br)cc1Cl. The normalized spacial score (nSPS) is 10.9. The number of benzene rings is 2. The summed E-state index contributed by atoms with van der Waals surface area (Å²) in [5.74, 6) is -0.407. The average Bonchev–Trinajstić information content (AvgIpc) is 2.52. The van der Waals surface area contributed by atoms with Crippen LogP contribution >= 0.6 is 27.5 Å². The second kappa shape index (κ2) is 7.83. The van der Waals surface area contributed by atoms with Gasteiger partial charge in [-0.3, -0.25) is 9.52 Å².